The zero-order chi connectivity index (χ0) is 18.7. The molecular weight excluding hydrogens is 367 g/mol. The van der Waals surface area contributed by atoms with Crippen LogP contribution in [0.4, 0.5) is 18.9 Å². The molecule has 134 valence electrons. The highest BCUT2D eigenvalue weighted by Gasteiger charge is 2.20. The Morgan fingerprint density at radius 1 is 1.15 bits per heavy atom. The molecule has 0 bridgehead atoms. The van der Waals surface area contributed by atoms with Gasteiger partial charge in [0.25, 0.3) is 0 Å². The molecule has 1 atom stereocenters. The predicted octanol–water partition coefficient (Wildman–Crippen LogP) is 3.20. The largest absolute Gasteiger partial charge is 0.323 e. The maximum Gasteiger partial charge on any atom is 0.237 e. The van der Waals surface area contributed by atoms with Gasteiger partial charge in [-0.05, 0) is 47.7 Å². The van der Waals surface area contributed by atoms with Gasteiger partial charge < -0.3 is 5.32 Å². The third kappa shape index (κ3) is 4.02. The van der Waals surface area contributed by atoms with E-state index in [1.54, 1.807) is 13.0 Å². The van der Waals surface area contributed by atoms with Gasteiger partial charge in [0.2, 0.25) is 11.1 Å². The lowest BCUT2D eigenvalue weighted by Crippen LogP contribution is -2.23. The molecule has 1 N–H and O–H groups in total. The van der Waals surface area contributed by atoms with Crippen LogP contribution in [0.3, 0.4) is 0 Å². The molecule has 1 heterocycles. The first-order valence-electron chi connectivity index (χ1n) is 7.41. The second-order valence-corrected chi connectivity index (χ2v) is 6.53. The number of nitrogens with one attached hydrogen (secondary N) is 1. The van der Waals surface area contributed by atoms with E-state index in [9.17, 15) is 18.0 Å². The fraction of sp³-hybridized carbons (Fsp3) is 0.125. The minimum absolute atomic E-state index is 0.131. The van der Waals surface area contributed by atoms with Crippen molar-refractivity contribution in [1.82, 2.24) is 20.2 Å². The van der Waals surface area contributed by atoms with Crippen LogP contribution >= 0.6 is 11.8 Å². The summed E-state index contributed by atoms with van der Waals surface area (Å²) < 4.78 is 41.2. The van der Waals surface area contributed by atoms with Crippen LogP contribution in [0.1, 0.15) is 6.92 Å². The summed E-state index contributed by atoms with van der Waals surface area (Å²) in [4.78, 5) is 12.2. The third-order valence-corrected chi connectivity index (χ3v) is 4.37. The molecule has 0 aliphatic carbocycles. The van der Waals surface area contributed by atoms with Crippen LogP contribution in [0.25, 0.3) is 5.69 Å². The van der Waals surface area contributed by atoms with Gasteiger partial charge in [-0.1, -0.05) is 17.8 Å². The zero-order valence-electron chi connectivity index (χ0n) is 13.4. The normalized spacial score (nSPS) is 12.0. The summed E-state index contributed by atoms with van der Waals surface area (Å²) >= 11 is 1.01. The summed E-state index contributed by atoms with van der Waals surface area (Å²) in [5, 5.41) is 13.1. The van der Waals surface area contributed by atoms with Crippen molar-refractivity contribution in [3.63, 3.8) is 0 Å². The van der Waals surface area contributed by atoms with Crippen LogP contribution in [-0.2, 0) is 4.79 Å². The Kier molecular flexibility index (Phi) is 5.21. The molecule has 1 unspecified atom stereocenters. The average Bonchev–Trinajstić information content (AvgIpc) is 3.05. The highest BCUT2D eigenvalue weighted by Crippen LogP contribution is 2.24. The van der Waals surface area contributed by atoms with Gasteiger partial charge >= 0.3 is 0 Å². The van der Waals surface area contributed by atoms with E-state index in [-0.39, 0.29) is 10.8 Å². The maximum atomic E-state index is 13.6. The Balaban J connectivity index is 1.73. The molecule has 1 amide bonds. The molecule has 3 rings (SSSR count). The van der Waals surface area contributed by atoms with Gasteiger partial charge in [0.05, 0.1) is 16.6 Å². The molecule has 0 saturated heterocycles. The molecule has 6 nitrogen and oxygen atoms in total. The lowest BCUT2D eigenvalue weighted by Gasteiger charge is -2.12. The number of thioether (sulfide) groups is 1. The van der Waals surface area contributed by atoms with Gasteiger partial charge in [0.15, 0.2) is 0 Å². The van der Waals surface area contributed by atoms with E-state index < -0.39 is 28.6 Å². The molecule has 0 radical (unpaired) electrons. The summed E-state index contributed by atoms with van der Waals surface area (Å²) in [6, 6.07) is 8.51. The van der Waals surface area contributed by atoms with Crippen molar-refractivity contribution >= 4 is 23.4 Å². The van der Waals surface area contributed by atoms with Gasteiger partial charge in [0, 0.05) is 6.07 Å². The van der Waals surface area contributed by atoms with Crippen LogP contribution < -0.4 is 5.32 Å². The van der Waals surface area contributed by atoms with Crippen molar-refractivity contribution in [3.05, 3.63) is 59.9 Å². The minimum atomic E-state index is -0.875. The van der Waals surface area contributed by atoms with E-state index in [2.05, 4.69) is 20.8 Å². The summed E-state index contributed by atoms with van der Waals surface area (Å²) in [5.74, 6) is -2.59. The van der Waals surface area contributed by atoms with Crippen molar-refractivity contribution in [3.8, 4) is 5.69 Å². The van der Waals surface area contributed by atoms with Crippen LogP contribution in [0.5, 0.6) is 0 Å². The second-order valence-electron chi connectivity index (χ2n) is 5.23. The molecule has 0 fully saturated rings. The van der Waals surface area contributed by atoms with Crippen molar-refractivity contribution in [2.75, 3.05) is 5.32 Å². The molecule has 0 spiro atoms. The van der Waals surface area contributed by atoms with Crippen molar-refractivity contribution < 1.29 is 18.0 Å². The number of anilines is 1. The fourth-order valence-corrected chi connectivity index (χ4v) is 2.87. The molecule has 0 aliphatic rings. The van der Waals surface area contributed by atoms with Crippen LogP contribution in [0, 0.1) is 17.5 Å². The summed E-state index contributed by atoms with van der Waals surface area (Å²) in [6.07, 6.45) is 0. The van der Waals surface area contributed by atoms with Gasteiger partial charge in [-0.3, -0.25) is 4.79 Å². The molecule has 10 heteroatoms. The Morgan fingerprint density at radius 3 is 2.65 bits per heavy atom. The number of aromatic nitrogens is 4. The van der Waals surface area contributed by atoms with Gasteiger partial charge in [0.1, 0.15) is 17.5 Å². The number of carbonyl (C=O) groups is 1. The van der Waals surface area contributed by atoms with E-state index in [0.717, 1.165) is 23.9 Å². The second kappa shape index (κ2) is 7.56. The number of amides is 1. The molecular formula is C16H12F3N5OS. The molecule has 3 aromatic rings. The monoisotopic (exact) mass is 379 g/mol. The topological polar surface area (TPSA) is 72.7 Å². The number of hydrogen-bond donors (Lipinski definition) is 1. The SMILES string of the molecule is CC(Sc1nnnn1-c1cccc(F)c1)C(=O)Nc1ccc(F)cc1F. The Morgan fingerprint density at radius 2 is 1.92 bits per heavy atom. The van der Waals surface area contributed by atoms with E-state index in [1.165, 1.54) is 22.9 Å². The van der Waals surface area contributed by atoms with Gasteiger partial charge in [-0.2, -0.15) is 4.68 Å². The lowest BCUT2D eigenvalue weighted by molar-refractivity contribution is -0.115. The van der Waals surface area contributed by atoms with Crippen LogP contribution in [-0.4, -0.2) is 31.4 Å². The number of carbonyl (C=O) groups excluding carboxylic acids is 1. The molecule has 0 aliphatic heterocycles. The lowest BCUT2D eigenvalue weighted by atomic mass is 10.3. The van der Waals surface area contributed by atoms with Crippen LogP contribution in [0.15, 0.2) is 47.6 Å². The van der Waals surface area contributed by atoms with E-state index >= 15 is 0 Å². The number of benzene rings is 2. The van der Waals surface area contributed by atoms with E-state index in [4.69, 9.17) is 0 Å². The molecule has 26 heavy (non-hydrogen) atoms. The first-order chi connectivity index (χ1) is 12.4. The molecule has 1 aromatic heterocycles. The number of nitrogens with zero attached hydrogens (tertiary/aromatic N) is 4. The molecule has 2 aromatic carbocycles. The number of rotatable bonds is 5. The standard InChI is InChI=1S/C16H12F3N5OS/c1-9(15(25)20-14-6-5-11(18)8-13(14)19)26-16-21-22-23-24(16)12-4-2-3-10(17)7-12/h2-9H,1H3,(H,20,25). The van der Waals surface area contributed by atoms with Crippen molar-refractivity contribution in [2.24, 2.45) is 0 Å². The highest BCUT2D eigenvalue weighted by atomic mass is 32.2. The Labute approximate surface area is 150 Å². The number of halogens is 3. The number of tetrazole rings is 1. The fourth-order valence-electron chi connectivity index (χ4n) is 2.06. The average molecular weight is 379 g/mol. The van der Waals surface area contributed by atoms with E-state index in [0.29, 0.717) is 11.8 Å². The first-order valence-corrected chi connectivity index (χ1v) is 8.29. The Bertz CT molecular complexity index is 949. The van der Waals surface area contributed by atoms with Crippen molar-refractivity contribution in [2.45, 2.75) is 17.3 Å². The van der Waals surface area contributed by atoms with Crippen molar-refractivity contribution in [1.29, 1.82) is 0 Å². The quantitative estimate of drug-likeness (QED) is 0.690. The highest BCUT2D eigenvalue weighted by molar-refractivity contribution is 8.00. The zero-order valence-corrected chi connectivity index (χ0v) is 14.2. The minimum Gasteiger partial charge on any atom is -0.323 e. The predicted molar refractivity (Wildman–Crippen MR) is 89.4 cm³/mol. The maximum absolute atomic E-state index is 13.6. The number of hydrogen-bond acceptors (Lipinski definition) is 5. The molecule has 0 saturated carbocycles. The van der Waals surface area contributed by atoms with Gasteiger partial charge in [-0.15, -0.1) is 5.10 Å². The van der Waals surface area contributed by atoms with Crippen LogP contribution in [0.2, 0.25) is 0 Å². The summed E-state index contributed by atoms with van der Waals surface area (Å²) in [5.41, 5.74) is 0.267. The Hall–Kier alpha value is -2.88. The first kappa shape index (κ1) is 17.9. The summed E-state index contributed by atoms with van der Waals surface area (Å²) in [6.45, 7) is 1.58. The summed E-state index contributed by atoms with van der Waals surface area (Å²) in [7, 11) is 0. The van der Waals surface area contributed by atoms with E-state index in [1.807, 2.05) is 0 Å². The third-order valence-electron chi connectivity index (χ3n) is 3.33. The van der Waals surface area contributed by atoms with Gasteiger partial charge in [-0.25, -0.2) is 13.2 Å². The smallest absolute Gasteiger partial charge is 0.237 e.